The van der Waals surface area contributed by atoms with Gasteiger partial charge in [-0.15, -0.1) is 0 Å². The second kappa shape index (κ2) is 4.02. The molecule has 0 spiro atoms. The molecule has 0 bridgehead atoms. The SMILES string of the molecule is CC(C=O)CSC(C)(C)C. The summed E-state index contributed by atoms with van der Waals surface area (Å²) in [4.78, 5) is 10.2. The number of carbonyl (C=O) groups is 1. The maximum Gasteiger partial charge on any atom is 0.123 e. The molecule has 0 radical (unpaired) electrons. The first-order chi connectivity index (χ1) is 4.45. The Bertz CT molecular complexity index is 104. The van der Waals surface area contributed by atoms with Crippen LogP contribution in [0.4, 0.5) is 0 Å². The highest BCUT2D eigenvalue weighted by Gasteiger charge is 2.11. The van der Waals surface area contributed by atoms with Crippen molar-refractivity contribution in [1.29, 1.82) is 0 Å². The van der Waals surface area contributed by atoms with Crippen LogP contribution in [0.15, 0.2) is 0 Å². The summed E-state index contributed by atoms with van der Waals surface area (Å²) in [5, 5.41) is 0. The Morgan fingerprint density at radius 2 is 2.00 bits per heavy atom. The number of hydrogen-bond donors (Lipinski definition) is 0. The lowest BCUT2D eigenvalue weighted by atomic mass is 10.2. The first-order valence-electron chi connectivity index (χ1n) is 3.55. The topological polar surface area (TPSA) is 17.1 Å². The van der Waals surface area contributed by atoms with E-state index in [-0.39, 0.29) is 10.7 Å². The van der Waals surface area contributed by atoms with Crippen molar-refractivity contribution in [2.75, 3.05) is 5.75 Å². The van der Waals surface area contributed by atoms with Crippen molar-refractivity contribution in [3.63, 3.8) is 0 Å². The molecule has 0 aromatic carbocycles. The lowest BCUT2D eigenvalue weighted by Crippen LogP contribution is -2.11. The van der Waals surface area contributed by atoms with Crippen LogP contribution < -0.4 is 0 Å². The van der Waals surface area contributed by atoms with Crippen LogP contribution in [0.5, 0.6) is 0 Å². The zero-order chi connectivity index (χ0) is 8.20. The molecule has 0 aliphatic carbocycles. The van der Waals surface area contributed by atoms with Gasteiger partial charge in [-0.05, 0) is 0 Å². The predicted molar refractivity (Wildman–Crippen MR) is 47.4 cm³/mol. The Labute approximate surface area is 67.6 Å². The van der Waals surface area contributed by atoms with Gasteiger partial charge in [-0.3, -0.25) is 0 Å². The predicted octanol–water partition coefficient (Wildman–Crippen LogP) is 2.35. The van der Waals surface area contributed by atoms with Crippen LogP contribution in [0.25, 0.3) is 0 Å². The van der Waals surface area contributed by atoms with Crippen LogP contribution in [0, 0.1) is 5.92 Å². The first kappa shape index (κ1) is 10.0. The zero-order valence-electron chi connectivity index (χ0n) is 7.18. The molecule has 1 nitrogen and oxygen atoms in total. The highest BCUT2D eigenvalue weighted by molar-refractivity contribution is 8.00. The van der Waals surface area contributed by atoms with Crippen molar-refractivity contribution in [2.45, 2.75) is 32.4 Å². The minimum Gasteiger partial charge on any atom is -0.303 e. The Kier molecular flexibility index (Phi) is 4.02. The van der Waals surface area contributed by atoms with Gasteiger partial charge in [0, 0.05) is 16.4 Å². The minimum absolute atomic E-state index is 0.198. The van der Waals surface area contributed by atoms with Crippen molar-refractivity contribution < 1.29 is 4.79 Å². The summed E-state index contributed by atoms with van der Waals surface area (Å²) < 4.78 is 0.289. The normalized spacial score (nSPS) is 14.8. The fourth-order valence-corrected chi connectivity index (χ4v) is 1.26. The van der Waals surface area contributed by atoms with Crippen LogP contribution in [-0.4, -0.2) is 16.8 Å². The van der Waals surface area contributed by atoms with Crippen LogP contribution >= 0.6 is 11.8 Å². The van der Waals surface area contributed by atoms with Gasteiger partial charge < -0.3 is 4.79 Å². The summed E-state index contributed by atoms with van der Waals surface area (Å²) in [6, 6.07) is 0. The highest BCUT2D eigenvalue weighted by atomic mass is 32.2. The van der Waals surface area contributed by atoms with Gasteiger partial charge in [0.25, 0.3) is 0 Å². The second-order valence-electron chi connectivity index (χ2n) is 3.54. The van der Waals surface area contributed by atoms with Gasteiger partial charge in [0.05, 0.1) is 0 Å². The molecule has 0 aromatic rings. The van der Waals surface area contributed by atoms with Crippen molar-refractivity contribution in [2.24, 2.45) is 5.92 Å². The summed E-state index contributed by atoms with van der Waals surface area (Å²) in [6.07, 6.45) is 1.01. The average molecular weight is 160 g/mol. The highest BCUT2D eigenvalue weighted by Crippen LogP contribution is 2.24. The number of hydrogen-bond acceptors (Lipinski definition) is 2. The van der Waals surface area contributed by atoms with Crippen LogP contribution in [0.1, 0.15) is 27.7 Å². The van der Waals surface area contributed by atoms with E-state index in [1.54, 1.807) is 0 Å². The molecular weight excluding hydrogens is 144 g/mol. The van der Waals surface area contributed by atoms with Gasteiger partial charge in [-0.1, -0.05) is 27.7 Å². The molecule has 0 saturated heterocycles. The summed E-state index contributed by atoms with van der Waals surface area (Å²) in [7, 11) is 0. The summed E-state index contributed by atoms with van der Waals surface area (Å²) in [6.45, 7) is 8.44. The molecule has 1 atom stereocenters. The Hall–Kier alpha value is 0.0200. The number of thioether (sulfide) groups is 1. The third-order valence-electron chi connectivity index (χ3n) is 1.01. The second-order valence-corrected chi connectivity index (χ2v) is 5.38. The Balaban J connectivity index is 3.45. The van der Waals surface area contributed by atoms with E-state index < -0.39 is 0 Å². The molecular formula is C8H16OS. The Morgan fingerprint density at radius 1 is 1.50 bits per heavy atom. The third-order valence-corrected chi connectivity index (χ3v) is 2.57. The average Bonchev–Trinajstić information content (AvgIpc) is 1.81. The molecule has 60 valence electrons. The van der Waals surface area contributed by atoms with Crippen LogP contribution in [0.3, 0.4) is 0 Å². The molecule has 0 aliphatic rings. The largest absolute Gasteiger partial charge is 0.303 e. The number of rotatable bonds is 3. The first-order valence-corrected chi connectivity index (χ1v) is 4.53. The standard InChI is InChI=1S/C8H16OS/c1-7(5-9)6-10-8(2,3)4/h5,7H,6H2,1-4H3. The maximum atomic E-state index is 10.2. The fourth-order valence-electron chi connectivity index (χ4n) is 0.421. The third kappa shape index (κ3) is 6.14. The molecule has 10 heavy (non-hydrogen) atoms. The van der Waals surface area contributed by atoms with E-state index in [0.29, 0.717) is 0 Å². The fraction of sp³-hybridized carbons (Fsp3) is 0.875. The van der Waals surface area contributed by atoms with Gasteiger partial charge in [-0.25, -0.2) is 0 Å². The number of aldehydes is 1. The zero-order valence-corrected chi connectivity index (χ0v) is 7.99. The van der Waals surface area contributed by atoms with Gasteiger partial charge >= 0.3 is 0 Å². The van der Waals surface area contributed by atoms with E-state index in [2.05, 4.69) is 20.8 Å². The molecule has 1 unspecified atom stereocenters. The van der Waals surface area contributed by atoms with Gasteiger partial charge in [0.2, 0.25) is 0 Å². The Morgan fingerprint density at radius 3 is 2.30 bits per heavy atom. The monoisotopic (exact) mass is 160 g/mol. The summed E-state index contributed by atoms with van der Waals surface area (Å²) in [5.41, 5.74) is 0. The van der Waals surface area contributed by atoms with E-state index in [4.69, 9.17) is 0 Å². The molecule has 0 amide bonds. The molecule has 0 heterocycles. The van der Waals surface area contributed by atoms with Gasteiger partial charge in [0.1, 0.15) is 6.29 Å². The van der Waals surface area contributed by atoms with E-state index in [1.165, 1.54) is 0 Å². The molecule has 0 saturated carbocycles. The molecule has 0 aromatic heterocycles. The summed E-state index contributed by atoms with van der Waals surface area (Å²) in [5.74, 6) is 1.14. The molecule has 0 aliphatic heterocycles. The molecule has 0 rings (SSSR count). The van der Waals surface area contributed by atoms with Crippen LogP contribution in [-0.2, 0) is 4.79 Å². The summed E-state index contributed by atoms with van der Waals surface area (Å²) >= 11 is 1.83. The van der Waals surface area contributed by atoms with Gasteiger partial charge in [-0.2, -0.15) is 11.8 Å². The van der Waals surface area contributed by atoms with Gasteiger partial charge in [0.15, 0.2) is 0 Å². The van der Waals surface area contributed by atoms with E-state index >= 15 is 0 Å². The van der Waals surface area contributed by atoms with Crippen molar-refractivity contribution in [3.05, 3.63) is 0 Å². The van der Waals surface area contributed by atoms with E-state index in [0.717, 1.165) is 12.0 Å². The molecule has 0 fully saturated rings. The number of carbonyl (C=O) groups excluding carboxylic acids is 1. The minimum atomic E-state index is 0.198. The van der Waals surface area contributed by atoms with Crippen molar-refractivity contribution in [3.8, 4) is 0 Å². The maximum absolute atomic E-state index is 10.2. The lowest BCUT2D eigenvalue weighted by Gasteiger charge is -2.18. The van der Waals surface area contributed by atoms with E-state index in [9.17, 15) is 4.79 Å². The quantitative estimate of drug-likeness (QED) is 0.589. The smallest absolute Gasteiger partial charge is 0.123 e. The molecule has 2 heteroatoms. The molecule has 0 N–H and O–H groups in total. The van der Waals surface area contributed by atoms with Crippen LogP contribution in [0.2, 0.25) is 0 Å². The van der Waals surface area contributed by atoms with E-state index in [1.807, 2.05) is 18.7 Å². The van der Waals surface area contributed by atoms with Crippen molar-refractivity contribution in [1.82, 2.24) is 0 Å². The lowest BCUT2D eigenvalue weighted by molar-refractivity contribution is -0.110. The van der Waals surface area contributed by atoms with Crippen molar-refractivity contribution >= 4 is 18.0 Å².